The number of para-hydroxylation sites is 1. The predicted octanol–water partition coefficient (Wildman–Crippen LogP) is 3.32. The van der Waals surface area contributed by atoms with Gasteiger partial charge in [0.2, 0.25) is 0 Å². The average molecular weight is 255 g/mol. The van der Waals surface area contributed by atoms with Gasteiger partial charge in [-0.15, -0.1) is 11.8 Å². The smallest absolute Gasteiger partial charge is 0.0900 e. The molecule has 80 valence electrons. The quantitative estimate of drug-likeness (QED) is 0.808. The average Bonchev–Trinajstić information content (AvgIpc) is 2.78. The van der Waals surface area contributed by atoms with E-state index in [1.165, 1.54) is 22.8 Å². The largest absolute Gasteiger partial charge is 0.345 e. The molecule has 0 radical (unpaired) electrons. The molecule has 1 aromatic rings. The molecular formula is C11H13NS3. The van der Waals surface area contributed by atoms with Crippen LogP contribution in [0.1, 0.15) is 6.42 Å². The van der Waals surface area contributed by atoms with E-state index in [9.17, 15) is 0 Å². The van der Waals surface area contributed by atoms with E-state index in [4.69, 9.17) is 0 Å². The van der Waals surface area contributed by atoms with E-state index in [0.29, 0.717) is 10.7 Å². The van der Waals surface area contributed by atoms with Crippen LogP contribution in [0.15, 0.2) is 29.2 Å². The first kappa shape index (κ1) is 10.2. The van der Waals surface area contributed by atoms with Crippen LogP contribution in [0, 0.1) is 0 Å². The van der Waals surface area contributed by atoms with Crippen molar-refractivity contribution in [2.45, 2.75) is 22.1 Å². The second kappa shape index (κ2) is 4.15. The minimum atomic E-state index is 0.642. The summed E-state index contributed by atoms with van der Waals surface area (Å²) in [5, 5.41) is 1.31. The van der Waals surface area contributed by atoms with E-state index >= 15 is 0 Å². The summed E-state index contributed by atoms with van der Waals surface area (Å²) in [6.45, 7) is 0. The number of fused-ring (bicyclic) bond motifs is 3. The highest BCUT2D eigenvalue weighted by molar-refractivity contribution is 8.05. The Morgan fingerprint density at radius 3 is 3.13 bits per heavy atom. The van der Waals surface area contributed by atoms with Crippen molar-refractivity contribution in [2.24, 2.45) is 0 Å². The maximum Gasteiger partial charge on any atom is 0.0900 e. The van der Waals surface area contributed by atoms with E-state index in [1.807, 2.05) is 11.8 Å². The van der Waals surface area contributed by atoms with Crippen LogP contribution in [0.25, 0.3) is 0 Å². The van der Waals surface area contributed by atoms with Crippen molar-refractivity contribution < 1.29 is 0 Å². The Morgan fingerprint density at radius 2 is 2.27 bits per heavy atom. The molecule has 15 heavy (non-hydrogen) atoms. The minimum absolute atomic E-state index is 0.642. The van der Waals surface area contributed by atoms with Crippen LogP contribution in [0.5, 0.6) is 0 Å². The number of benzene rings is 1. The number of anilines is 1. The molecule has 2 aliphatic rings. The number of thiol groups is 1. The normalized spacial score (nSPS) is 27.9. The van der Waals surface area contributed by atoms with Gasteiger partial charge in [-0.25, -0.2) is 0 Å². The SMILES string of the molecule is SCC[C@H]1SC[C@H]2Sc3ccccc3N12. The van der Waals surface area contributed by atoms with Crippen molar-refractivity contribution in [1.82, 2.24) is 0 Å². The monoisotopic (exact) mass is 255 g/mol. The van der Waals surface area contributed by atoms with E-state index in [2.05, 4.69) is 53.6 Å². The first-order chi connectivity index (χ1) is 7.40. The maximum atomic E-state index is 4.35. The molecule has 2 aliphatic heterocycles. The van der Waals surface area contributed by atoms with E-state index in [-0.39, 0.29) is 0 Å². The first-order valence-electron chi connectivity index (χ1n) is 5.16. The van der Waals surface area contributed by atoms with Crippen LogP contribution >= 0.6 is 36.2 Å². The molecule has 1 aromatic carbocycles. The van der Waals surface area contributed by atoms with Crippen molar-refractivity contribution in [3.05, 3.63) is 24.3 Å². The number of rotatable bonds is 2. The third kappa shape index (κ3) is 1.67. The lowest BCUT2D eigenvalue weighted by Gasteiger charge is -2.24. The zero-order chi connectivity index (χ0) is 10.3. The molecule has 1 fully saturated rings. The van der Waals surface area contributed by atoms with Gasteiger partial charge in [0.25, 0.3) is 0 Å². The highest BCUT2D eigenvalue weighted by Crippen LogP contribution is 2.51. The van der Waals surface area contributed by atoms with Gasteiger partial charge < -0.3 is 4.90 Å². The van der Waals surface area contributed by atoms with Gasteiger partial charge in [-0.3, -0.25) is 0 Å². The molecule has 0 saturated carbocycles. The van der Waals surface area contributed by atoms with Gasteiger partial charge in [0.05, 0.1) is 16.4 Å². The molecule has 0 N–H and O–H groups in total. The van der Waals surface area contributed by atoms with Gasteiger partial charge in [-0.2, -0.15) is 12.6 Å². The molecule has 4 heteroatoms. The van der Waals surface area contributed by atoms with Crippen molar-refractivity contribution >= 4 is 41.8 Å². The van der Waals surface area contributed by atoms with Crippen molar-refractivity contribution in [1.29, 1.82) is 0 Å². The van der Waals surface area contributed by atoms with Gasteiger partial charge >= 0.3 is 0 Å². The Labute approximate surface area is 104 Å². The molecular weight excluding hydrogens is 242 g/mol. The van der Waals surface area contributed by atoms with Crippen LogP contribution in [0.2, 0.25) is 0 Å². The second-order valence-corrected chi connectivity index (χ2v) is 6.63. The van der Waals surface area contributed by atoms with E-state index < -0.39 is 0 Å². The zero-order valence-corrected chi connectivity index (χ0v) is 10.8. The van der Waals surface area contributed by atoms with Crippen LogP contribution in [-0.2, 0) is 0 Å². The standard InChI is InChI=1S/C11H13NS3/c13-6-5-10-12-8-3-1-2-4-9(8)15-11(12)7-14-10/h1-4,10-11,13H,5-7H2/t10-,11-/m1/s1. The molecule has 0 amide bonds. The molecule has 0 aliphatic carbocycles. The summed E-state index contributed by atoms with van der Waals surface area (Å²) in [6.07, 6.45) is 1.18. The van der Waals surface area contributed by atoms with Crippen molar-refractivity contribution in [3.8, 4) is 0 Å². The van der Waals surface area contributed by atoms with Gasteiger partial charge in [0, 0.05) is 10.6 Å². The van der Waals surface area contributed by atoms with Crippen LogP contribution in [0.3, 0.4) is 0 Å². The number of hydrogen-bond acceptors (Lipinski definition) is 4. The fourth-order valence-corrected chi connectivity index (χ4v) is 5.57. The number of hydrogen-bond donors (Lipinski definition) is 1. The van der Waals surface area contributed by atoms with Crippen molar-refractivity contribution in [3.63, 3.8) is 0 Å². The topological polar surface area (TPSA) is 3.24 Å². The predicted molar refractivity (Wildman–Crippen MR) is 73.3 cm³/mol. The van der Waals surface area contributed by atoms with Crippen LogP contribution in [-0.4, -0.2) is 22.3 Å². The highest BCUT2D eigenvalue weighted by atomic mass is 32.2. The van der Waals surface area contributed by atoms with Crippen LogP contribution in [0.4, 0.5) is 5.69 Å². The van der Waals surface area contributed by atoms with Gasteiger partial charge in [-0.05, 0) is 24.3 Å². The Kier molecular flexibility index (Phi) is 2.83. The molecule has 2 heterocycles. The molecule has 2 atom stereocenters. The summed E-state index contributed by atoms with van der Waals surface area (Å²) in [5.74, 6) is 2.23. The lowest BCUT2D eigenvalue weighted by Crippen LogP contribution is -2.31. The summed E-state index contributed by atoms with van der Waals surface area (Å²) in [4.78, 5) is 4.04. The summed E-state index contributed by atoms with van der Waals surface area (Å²) in [7, 11) is 0. The van der Waals surface area contributed by atoms with Gasteiger partial charge in [-0.1, -0.05) is 23.9 Å². The van der Waals surface area contributed by atoms with E-state index in [1.54, 1.807) is 0 Å². The number of nitrogens with zero attached hydrogens (tertiary/aromatic N) is 1. The zero-order valence-electron chi connectivity index (χ0n) is 8.30. The number of thioether (sulfide) groups is 2. The van der Waals surface area contributed by atoms with Gasteiger partial charge in [0.1, 0.15) is 0 Å². The van der Waals surface area contributed by atoms with E-state index in [0.717, 1.165) is 5.75 Å². The summed E-state index contributed by atoms with van der Waals surface area (Å²) in [6, 6.07) is 8.76. The molecule has 0 unspecified atom stereocenters. The Hall–Kier alpha value is 0.0700. The molecule has 0 aromatic heterocycles. The minimum Gasteiger partial charge on any atom is -0.345 e. The fraction of sp³-hybridized carbons (Fsp3) is 0.455. The lowest BCUT2D eigenvalue weighted by molar-refractivity contribution is 0.767. The highest BCUT2D eigenvalue weighted by Gasteiger charge is 2.39. The summed E-state index contributed by atoms with van der Waals surface area (Å²) < 4.78 is 0. The first-order valence-corrected chi connectivity index (χ1v) is 7.73. The molecule has 0 bridgehead atoms. The Morgan fingerprint density at radius 1 is 1.40 bits per heavy atom. The van der Waals surface area contributed by atoms with Gasteiger partial charge in [0.15, 0.2) is 0 Å². The van der Waals surface area contributed by atoms with Crippen molar-refractivity contribution in [2.75, 3.05) is 16.4 Å². The fourth-order valence-electron chi connectivity index (χ4n) is 2.19. The Balaban J connectivity index is 1.93. The summed E-state index contributed by atoms with van der Waals surface area (Å²) >= 11 is 8.44. The molecule has 1 nitrogen and oxygen atoms in total. The third-order valence-electron chi connectivity index (χ3n) is 2.83. The lowest BCUT2D eigenvalue weighted by atomic mass is 10.2. The third-order valence-corrected chi connectivity index (χ3v) is 5.92. The van der Waals surface area contributed by atoms with Crippen LogP contribution < -0.4 is 4.90 Å². The second-order valence-electron chi connectivity index (χ2n) is 3.75. The molecule has 3 rings (SSSR count). The Bertz CT molecular complexity index is 367. The molecule has 0 spiro atoms. The summed E-state index contributed by atoms with van der Waals surface area (Å²) in [5.41, 5.74) is 1.43. The molecule has 1 saturated heterocycles. The maximum absolute atomic E-state index is 4.35.